The van der Waals surface area contributed by atoms with Gasteiger partial charge in [0, 0.05) is 6.54 Å². The van der Waals surface area contributed by atoms with E-state index in [-0.39, 0.29) is 29.8 Å². The molecule has 35 heavy (non-hydrogen) atoms. The molecule has 0 bridgehead atoms. The Morgan fingerprint density at radius 1 is 1.09 bits per heavy atom. The van der Waals surface area contributed by atoms with Gasteiger partial charge in [0.05, 0.1) is 24.3 Å². The first-order valence-electron chi connectivity index (χ1n) is 13.6. The number of benzene rings is 1. The highest BCUT2D eigenvalue weighted by atomic mass is 16.5. The highest BCUT2D eigenvalue weighted by Gasteiger charge is 2.43. The van der Waals surface area contributed by atoms with E-state index in [9.17, 15) is 9.59 Å². The van der Waals surface area contributed by atoms with Crippen molar-refractivity contribution >= 4 is 11.8 Å². The van der Waals surface area contributed by atoms with Crippen LogP contribution in [0.15, 0.2) is 29.7 Å². The van der Waals surface area contributed by atoms with Crippen LogP contribution in [0, 0.1) is 5.92 Å². The third kappa shape index (κ3) is 4.98. The van der Waals surface area contributed by atoms with Crippen LogP contribution < -0.4 is 20.7 Å². The highest BCUT2D eigenvalue weighted by molar-refractivity contribution is 5.91. The number of fused-ring (bicyclic) bond motifs is 2. The average molecular weight is 481 g/mol. The summed E-state index contributed by atoms with van der Waals surface area (Å²) in [5.74, 6) is 1.89. The lowest BCUT2D eigenvalue weighted by Crippen LogP contribution is -2.55. The summed E-state index contributed by atoms with van der Waals surface area (Å²) in [6, 6.07) is 5.67. The summed E-state index contributed by atoms with van der Waals surface area (Å²) in [6.45, 7) is 3.12. The lowest BCUT2D eigenvalue weighted by atomic mass is 9.83. The fourth-order valence-corrected chi connectivity index (χ4v) is 6.27. The van der Waals surface area contributed by atoms with Gasteiger partial charge in [-0.2, -0.15) is 0 Å². The van der Waals surface area contributed by atoms with E-state index in [1.54, 1.807) is 7.05 Å². The van der Waals surface area contributed by atoms with Gasteiger partial charge >= 0.3 is 0 Å². The molecule has 1 aromatic rings. The summed E-state index contributed by atoms with van der Waals surface area (Å²) in [5, 5.41) is 9.67. The Labute approximate surface area is 209 Å². The van der Waals surface area contributed by atoms with Gasteiger partial charge in [-0.25, -0.2) is 0 Å². The van der Waals surface area contributed by atoms with E-state index in [2.05, 4.69) is 34.1 Å². The van der Waals surface area contributed by atoms with Crippen molar-refractivity contribution in [2.45, 2.75) is 89.3 Å². The Morgan fingerprint density at radius 2 is 1.89 bits per heavy atom. The molecule has 2 heterocycles. The standard InChI is InChI=1S/C28H40N4O3/c1-18(29-2)27(33)31-25(20-10-4-3-5-11-20)28(34)32-16-15-22-26(32)24(17-30-22)35-23-14-8-12-19-9-6-7-13-21(19)23/h8,12,14,18,20,22,25,29-30H,3-7,9-11,13,15-17H2,1-2H3,(H,31,33). The van der Waals surface area contributed by atoms with Gasteiger partial charge in [0.25, 0.3) is 0 Å². The quantitative estimate of drug-likeness (QED) is 0.559. The van der Waals surface area contributed by atoms with Gasteiger partial charge in [0.2, 0.25) is 11.8 Å². The van der Waals surface area contributed by atoms with Crippen LogP contribution in [0.1, 0.15) is 69.4 Å². The average Bonchev–Trinajstić information content (AvgIpc) is 3.50. The molecule has 2 aliphatic carbocycles. The Bertz CT molecular complexity index is 984. The molecule has 7 nitrogen and oxygen atoms in total. The lowest BCUT2D eigenvalue weighted by molar-refractivity contribution is -0.136. The second-order valence-corrected chi connectivity index (χ2v) is 10.6. The Balaban J connectivity index is 1.41. The van der Waals surface area contributed by atoms with Gasteiger partial charge in [-0.05, 0) is 82.0 Å². The van der Waals surface area contributed by atoms with E-state index < -0.39 is 6.04 Å². The molecule has 3 unspecified atom stereocenters. The minimum atomic E-state index is -0.490. The molecule has 1 aromatic carbocycles. The van der Waals surface area contributed by atoms with Gasteiger partial charge in [-0.15, -0.1) is 0 Å². The predicted octanol–water partition coefficient (Wildman–Crippen LogP) is 3.03. The largest absolute Gasteiger partial charge is 0.458 e. The van der Waals surface area contributed by atoms with Gasteiger partial charge in [-0.1, -0.05) is 31.4 Å². The van der Waals surface area contributed by atoms with Crippen LogP contribution in [0.3, 0.4) is 0 Å². The predicted molar refractivity (Wildman–Crippen MR) is 136 cm³/mol. The molecule has 3 N–H and O–H groups in total. The molecule has 190 valence electrons. The van der Waals surface area contributed by atoms with Crippen molar-refractivity contribution in [3.63, 3.8) is 0 Å². The third-order valence-electron chi connectivity index (χ3n) is 8.42. The van der Waals surface area contributed by atoms with Crippen molar-refractivity contribution in [1.82, 2.24) is 20.9 Å². The first-order valence-corrected chi connectivity index (χ1v) is 13.6. The zero-order chi connectivity index (χ0) is 24.4. The van der Waals surface area contributed by atoms with E-state index >= 15 is 0 Å². The maximum atomic E-state index is 14.0. The monoisotopic (exact) mass is 480 g/mol. The van der Waals surface area contributed by atoms with E-state index in [1.807, 2.05) is 11.8 Å². The summed E-state index contributed by atoms with van der Waals surface area (Å²) >= 11 is 0. The maximum Gasteiger partial charge on any atom is 0.249 e. The summed E-state index contributed by atoms with van der Waals surface area (Å²) < 4.78 is 6.56. The Kier molecular flexibility index (Phi) is 7.44. The zero-order valence-corrected chi connectivity index (χ0v) is 21.2. The number of carbonyl (C=O) groups excluding carboxylic acids is 2. The van der Waals surface area contributed by atoms with Gasteiger partial charge in [0.15, 0.2) is 0 Å². The Morgan fingerprint density at radius 3 is 2.69 bits per heavy atom. The Hall–Kier alpha value is -2.38. The van der Waals surface area contributed by atoms with Crippen LogP contribution in [-0.4, -0.2) is 55.0 Å². The fourth-order valence-electron chi connectivity index (χ4n) is 6.27. The number of nitrogens with zero attached hydrogens (tertiary/aromatic N) is 1. The van der Waals surface area contributed by atoms with E-state index in [1.165, 1.54) is 30.4 Å². The summed E-state index contributed by atoms with van der Waals surface area (Å²) in [4.78, 5) is 28.8. The number of hydrogen-bond acceptors (Lipinski definition) is 5. The molecular formula is C28H40N4O3. The molecular weight excluding hydrogens is 440 g/mol. The number of carbonyl (C=O) groups is 2. The van der Waals surface area contributed by atoms with Crippen molar-refractivity contribution in [3.05, 3.63) is 40.8 Å². The third-order valence-corrected chi connectivity index (χ3v) is 8.42. The van der Waals surface area contributed by atoms with Gasteiger partial charge in [-0.3, -0.25) is 9.59 Å². The van der Waals surface area contributed by atoms with Crippen LogP contribution in [0.2, 0.25) is 0 Å². The molecule has 7 heteroatoms. The van der Waals surface area contributed by atoms with E-state index in [4.69, 9.17) is 4.74 Å². The van der Waals surface area contributed by atoms with E-state index in [0.29, 0.717) is 13.1 Å². The van der Waals surface area contributed by atoms with Crippen LogP contribution >= 0.6 is 0 Å². The van der Waals surface area contributed by atoms with Crippen molar-refractivity contribution < 1.29 is 14.3 Å². The first-order chi connectivity index (χ1) is 17.1. The fraction of sp³-hybridized carbons (Fsp3) is 0.643. The van der Waals surface area contributed by atoms with Gasteiger partial charge in [0.1, 0.15) is 17.6 Å². The molecule has 1 saturated carbocycles. The molecule has 2 fully saturated rings. The number of likely N-dealkylation sites (N-methyl/N-ethyl adjacent to an activating group) is 1. The molecule has 2 aliphatic heterocycles. The van der Waals surface area contributed by atoms with E-state index in [0.717, 1.165) is 62.2 Å². The molecule has 0 aromatic heterocycles. The van der Waals surface area contributed by atoms with Crippen LogP contribution in [0.5, 0.6) is 5.75 Å². The second kappa shape index (κ2) is 10.7. The van der Waals surface area contributed by atoms with Crippen LogP contribution in [0.25, 0.3) is 0 Å². The molecule has 2 amide bonds. The molecule has 5 rings (SSSR count). The number of aryl methyl sites for hydroxylation is 1. The molecule has 1 saturated heterocycles. The van der Waals surface area contributed by atoms with Crippen LogP contribution in [0.4, 0.5) is 0 Å². The number of rotatable bonds is 7. The number of nitrogens with one attached hydrogen (secondary N) is 3. The zero-order valence-electron chi connectivity index (χ0n) is 21.2. The van der Waals surface area contributed by atoms with Crippen molar-refractivity contribution in [2.75, 3.05) is 20.1 Å². The molecule has 0 spiro atoms. The minimum Gasteiger partial charge on any atom is -0.458 e. The number of hydrogen-bond donors (Lipinski definition) is 3. The van der Waals surface area contributed by atoms with Crippen molar-refractivity contribution in [1.29, 1.82) is 0 Å². The minimum absolute atomic E-state index is 0.0194. The van der Waals surface area contributed by atoms with Crippen molar-refractivity contribution in [3.8, 4) is 5.75 Å². The SMILES string of the molecule is CNC(C)C(=O)NC(C(=O)N1CCC2NCC(Oc3cccc4c3CCCC4)=C21)C1CCCCC1. The maximum absolute atomic E-state index is 14.0. The number of ether oxygens (including phenoxy) is 1. The summed E-state index contributed by atoms with van der Waals surface area (Å²) in [7, 11) is 1.77. The van der Waals surface area contributed by atoms with Crippen molar-refractivity contribution in [2.24, 2.45) is 5.92 Å². The topological polar surface area (TPSA) is 82.7 Å². The summed E-state index contributed by atoms with van der Waals surface area (Å²) in [6.07, 6.45) is 10.9. The smallest absolute Gasteiger partial charge is 0.249 e. The number of amides is 2. The number of likely N-dealkylation sites (tertiary alicyclic amines) is 1. The van der Waals surface area contributed by atoms with Gasteiger partial charge < -0.3 is 25.6 Å². The summed E-state index contributed by atoms with van der Waals surface area (Å²) in [5.41, 5.74) is 3.68. The molecule has 4 aliphatic rings. The molecule has 0 radical (unpaired) electrons. The van der Waals surface area contributed by atoms with Crippen LogP contribution in [-0.2, 0) is 22.4 Å². The first kappa shape index (κ1) is 24.3. The lowest BCUT2D eigenvalue weighted by Gasteiger charge is -2.34. The molecule has 3 atom stereocenters. The normalized spacial score (nSPS) is 24.1. The second-order valence-electron chi connectivity index (χ2n) is 10.6. The highest BCUT2D eigenvalue weighted by Crippen LogP contribution is 2.36.